The number of thioether (sulfide) groups is 1. The van der Waals surface area contributed by atoms with Gasteiger partial charge in [0.25, 0.3) is 0 Å². The van der Waals surface area contributed by atoms with Crippen LogP contribution in [-0.4, -0.2) is 24.2 Å². The molecule has 5 heteroatoms. The van der Waals surface area contributed by atoms with E-state index in [9.17, 15) is 8.78 Å². The Balaban J connectivity index is 1.76. The average Bonchev–Trinajstić information content (AvgIpc) is 2.34. The predicted molar refractivity (Wildman–Crippen MR) is 74.9 cm³/mol. The summed E-state index contributed by atoms with van der Waals surface area (Å²) in [5.41, 5.74) is 1.08. The van der Waals surface area contributed by atoms with Crippen LogP contribution in [-0.2, 0) is 6.54 Å². The van der Waals surface area contributed by atoms with E-state index in [1.165, 1.54) is 19.3 Å². The highest BCUT2D eigenvalue weighted by Gasteiger charge is 2.35. The van der Waals surface area contributed by atoms with Crippen molar-refractivity contribution in [3.8, 4) is 5.75 Å². The molecule has 2 rings (SSSR count). The van der Waals surface area contributed by atoms with Gasteiger partial charge in [0, 0.05) is 17.8 Å². The molecule has 1 aromatic rings. The number of rotatable bonds is 7. The van der Waals surface area contributed by atoms with E-state index in [4.69, 9.17) is 0 Å². The second-order valence-electron chi connectivity index (χ2n) is 4.87. The SMILES string of the molecule is CSC1(CNCc2ccc(OC(F)F)cc2)CCC1. The summed E-state index contributed by atoms with van der Waals surface area (Å²) >= 11 is 1.94. The lowest BCUT2D eigenvalue weighted by molar-refractivity contribution is -0.0498. The van der Waals surface area contributed by atoms with E-state index < -0.39 is 6.61 Å². The Kier molecular flexibility index (Phi) is 5.05. The molecular formula is C14H19F2NOS. The van der Waals surface area contributed by atoms with Gasteiger partial charge in [-0.2, -0.15) is 20.5 Å². The molecule has 0 radical (unpaired) electrons. The minimum absolute atomic E-state index is 0.207. The van der Waals surface area contributed by atoms with Crippen molar-refractivity contribution in [3.63, 3.8) is 0 Å². The first-order chi connectivity index (χ1) is 9.13. The number of nitrogens with one attached hydrogen (secondary N) is 1. The summed E-state index contributed by atoms with van der Waals surface area (Å²) in [6.45, 7) is -0.996. The Morgan fingerprint density at radius 2 is 2.00 bits per heavy atom. The standard InChI is InChI=1S/C14H19F2NOS/c1-19-14(7-2-8-14)10-17-9-11-3-5-12(6-4-11)18-13(15)16/h3-6,13,17H,2,7-10H2,1H3. The summed E-state index contributed by atoms with van der Waals surface area (Å²) in [6, 6.07) is 6.79. The molecule has 106 valence electrons. The number of halogens is 2. The maximum Gasteiger partial charge on any atom is 0.387 e. The Hall–Kier alpha value is -0.810. The van der Waals surface area contributed by atoms with Gasteiger partial charge in [0.15, 0.2) is 0 Å². The minimum atomic E-state index is -2.76. The van der Waals surface area contributed by atoms with E-state index in [2.05, 4.69) is 16.3 Å². The van der Waals surface area contributed by atoms with Gasteiger partial charge in [-0.25, -0.2) is 0 Å². The van der Waals surface area contributed by atoms with Crippen molar-refractivity contribution in [2.45, 2.75) is 37.2 Å². The quantitative estimate of drug-likeness (QED) is 0.827. The molecule has 0 amide bonds. The molecule has 1 fully saturated rings. The van der Waals surface area contributed by atoms with E-state index in [1.807, 2.05) is 23.9 Å². The van der Waals surface area contributed by atoms with Crippen molar-refractivity contribution in [2.24, 2.45) is 0 Å². The molecule has 19 heavy (non-hydrogen) atoms. The first-order valence-corrected chi connectivity index (χ1v) is 7.66. The van der Waals surface area contributed by atoms with Crippen LogP contribution in [0, 0.1) is 0 Å². The second-order valence-corrected chi connectivity index (χ2v) is 6.14. The average molecular weight is 287 g/mol. The van der Waals surface area contributed by atoms with Gasteiger partial charge in [0.1, 0.15) is 5.75 Å². The monoisotopic (exact) mass is 287 g/mol. The molecule has 0 bridgehead atoms. The third-order valence-corrected chi connectivity index (χ3v) is 5.04. The molecule has 2 nitrogen and oxygen atoms in total. The zero-order valence-electron chi connectivity index (χ0n) is 11.0. The lowest BCUT2D eigenvalue weighted by Gasteiger charge is -2.40. The van der Waals surface area contributed by atoms with Crippen LogP contribution in [0.2, 0.25) is 0 Å². The number of alkyl halides is 2. The molecule has 1 saturated carbocycles. The van der Waals surface area contributed by atoms with Crippen LogP contribution < -0.4 is 10.1 Å². The Morgan fingerprint density at radius 1 is 1.32 bits per heavy atom. The zero-order valence-corrected chi connectivity index (χ0v) is 11.8. The summed E-state index contributed by atoms with van der Waals surface area (Å²) in [6.07, 6.45) is 6.05. The molecule has 0 aromatic heterocycles. The highest BCUT2D eigenvalue weighted by Crippen LogP contribution is 2.42. The molecule has 1 aliphatic carbocycles. The molecule has 0 unspecified atom stereocenters. The molecule has 0 spiro atoms. The highest BCUT2D eigenvalue weighted by molar-refractivity contribution is 8.00. The number of hydrogen-bond donors (Lipinski definition) is 1. The molecule has 1 N–H and O–H groups in total. The van der Waals surface area contributed by atoms with Gasteiger partial charge in [-0.15, -0.1) is 0 Å². The molecule has 0 aliphatic heterocycles. The largest absolute Gasteiger partial charge is 0.435 e. The van der Waals surface area contributed by atoms with Crippen molar-refractivity contribution >= 4 is 11.8 Å². The van der Waals surface area contributed by atoms with Gasteiger partial charge in [-0.3, -0.25) is 0 Å². The lowest BCUT2D eigenvalue weighted by atomic mass is 9.84. The maximum absolute atomic E-state index is 12.0. The maximum atomic E-state index is 12.0. The third kappa shape index (κ3) is 4.08. The van der Waals surface area contributed by atoms with E-state index >= 15 is 0 Å². The van der Waals surface area contributed by atoms with Crippen LogP contribution in [0.15, 0.2) is 24.3 Å². The van der Waals surface area contributed by atoms with Crippen LogP contribution in [0.1, 0.15) is 24.8 Å². The molecule has 0 heterocycles. The van der Waals surface area contributed by atoms with Crippen molar-refractivity contribution < 1.29 is 13.5 Å². The molecular weight excluding hydrogens is 268 g/mol. The van der Waals surface area contributed by atoms with Crippen LogP contribution in [0.4, 0.5) is 8.78 Å². The Labute approximate surface area is 116 Å². The minimum Gasteiger partial charge on any atom is -0.435 e. The molecule has 0 saturated heterocycles. The lowest BCUT2D eigenvalue weighted by Crippen LogP contribution is -2.43. The third-order valence-electron chi connectivity index (χ3n) is 3.62. The van der Waals surface area contributed by atoms with E-state index in [0.29, 0.717) is 4.75 Å². The summed E-state index contributed by atoms with van der Waals surface area (Å²) in [4.78, 5) is 0. The molecule has 0 atom stereocenters. The number of ether oxygens (including phenoxy) is 1. The van der Waals surface area contributed by atoms with Crippen molar-refractivity contribution in [2.75, 3.05) is 12.8 Å². The van der Waals surface area contributed by atoms with Crippen LogP contribution in [0.25, 0.3) is 0 Å². The smallest absolute Gasteiger partial charge is 0.387 e. The van der Waals surface area contributed by atoms with Crippen LogP contribution in [0.5, 0.6) is 5.75 Å². The number of hydrogen-bond acceptors (Lipinski definition) is 3. The van der Waals surface area contributed by atoms with E-state index in [0.717, 1.165) is 18.7 Å². The fourth-order valence-corrected chi connectivity index (χ4v) is 3.19. The Morgan fingerprint density at radius 3 is 2.47 bits per heavy atom. The molecule has 1 aromatic carbocycles. The summed E-state index contributed by atoms with van der Waals surface area (Å²) in [5, 5.41) is 3.45. The van der Waals surface area contributed by atoms with Crippen molar-refractivity contribution in [3.05, 3.63) is 29.8 Å². The summed E-state index contributed by atoms with van der Waals surface area (Å²) < 4.78 is 28.7. The van der Waals surface area contributed by atoms with Gasteiger partial charge in [-0.05, 0) is 36.8 Å². The van der Waals surface area contributed by atoms with E-state index in [-0.39, 0.29) is 5.75 Å². The summed E-state index contributed by atoms with van der Waals surface area (Å²) in [7, 11) is 0. The second kappa shape index (κ2) is 6.57. The highest BCUT2D eigenvalue weighted by atomic mass is 32.2. The van der Waals surface area contributed by atoms with Crippen molar-refractivity contribution in [1.82, 2.24) is 5.32 Å². The van der Waals surface area contributed by atoms with Gasteiger partial charge < -0.3 is 10.1 Å². The van der Waals surface area contributed by atoms with Gasteiger partial charge in [0.05, 0.1) is 0 Å². The topological polar surface area (TPSA) is 21.3 Å². The van der Waals surface area contributed by atoms with Crippen LogP contribution >= 0.6 is 11.8 Å². The first-order valence-electron chi connectivity index (χ1n) is 6.43. The fraction of sp³-hybridized carbons (Fsp3) is 0.571. The molecule has 1 aliphatic rings. The van der Waals surface area contributed by atoms with Gasteiger partial charge in [0.2, 0.25) is 0 Å². The van der Waals surface area contributed by atoms with Crippen LogP contribution in [0.3, 0.4) is 0 Å². The fourth-order valence-electron chi connectivity index (χ4n) is 2.25. The summed E-state index contributed by atoms with van der Waals surface area (Å²) in [5.74, 6) is 0.207. The Bertz CT molecular complexity index is 387. The predicted octanol–water partition coefficient (Wildman–Crippen LogP) is 3.66. The van der Waals surface area contributed by atoms with Gasteiger partial charge in [-0.1, -0.05) is 18.6 Å². The zero-order chi connectivity index (χ0) is 13.7. The van der Waals surface area contributed by atoms with E-state index in [1.54, 1.807) is 12.1 Å². The normalized spacial score (nSPS) is 17.3. The first kappa shape index (κ1) is 14.6. The number of benzene rings is 1. The van der Waals surface area contributed by atoms with Gasteiger partial charge >= 0.3 is 6.61 Å². The van der Waals surface area contributed by atoms with Crippen molar-refractivity contribution in [1.29, 1.82) is 0 Å².